The molecule has 1 atom stereocenters. The van der Waals surface area contributed by atoms with Gasteiger partial charge in [-0.15, -0.1) is 10.2 Å². The highest BCUT2D eigenvalue weighted by molar-refractivity contribution is 7.99. The molecule has 1 aromatic heterocycles. The van der Waals surface area contributed by atoms with E-state index in [-0.39, 0.29) is 5.91 Å². The Morgan fingerprint density at radius 1 is 1.39 bits per heavy atom. The van der Waals surface area contributed by atoms with Crippen molar-refractivity contribution in [2.45, 2.75) is 37.9 Å². The molecule has 1 aliphatic rings. The van der Waals surface area contributed by atoms with Crippen LogP contribution in [-0.2, 0) is 4.79 Å². The molecule has 1 heterocycles. The zero-order chi connectivity index (χ0) is 16.4. The number of amides is 1. The summed E-state index contributed by atoms with van der Waals surface area (Å²) in [6, 6.07) is 8.51. The van der Waals surface area contributed by atoms with Crippen molar-refractivity contribution in [1.82, 2.24) is 19.7 Å². The first-order valence-corrected chi connectivity index (χ1v) is 8.90. The standard InChI is InChI=1S/C17H22N4OS/c1-12-4-8-15(9-5-12)21-11-18-19-17(21)23-10-16(22)20(3)13(2)14-6-7-14/h4-5,8-9,11,13-14H,6-7,10H2,1-3H3. The predicted octanol–water partition coefficient (Wildman–Crippen LogP) is 2.92. The summed E-state index contributed by atoms with van der Waals surface area (Å²) >= 11 is 1.44. The van der Waals surface area contributed by atoms with Gasteiger partial charge in [-0.1, -0.05) is 29.5 Å². The van der Waals surface area contributed by atoms with E-state index in [2.05, 4.69) is 36.2 Å². The van der Waals surface area contributed by atoms with Crippen molar-refractivity contribution in [3.8, 4) is 5.69 Å². The fourth-order valence-electron chi connectivity index (χ4n) is 2.56. The minimum Gasteiger partial charge on any atom is -0.342 e. The van der Waals surface area contributed by atoms with Gasteiger partial charge in [-0.2, -0.15) is 0 Å². The summed E-state index contributed by atoms with van der Waals surface area (Å²) in [4.78, 5) is 14.2. The molecule has 1 aliphatic carbocycles. The van der Waals surface area contributed by atoms with Gasteiger partial charge in [0.25, 0.3) is 0 Å². The summed E-state index contributed by atoms with van der Waals surface area (Å²) in [6.07, 6.45) is 4.18. The summed E-state index contributed by atoms with van der Waals surface area (Å²) in [7, 11) is 1.90. The lowest BCUT2D eigenvalue weighted by atomic mass is 10.2. The van der Waals surface area contributed by atoms with E-state index in [0.717, 1.165) is 10.8 Å². The number of aromatic nitrogens is 3. The van der Waals surface area contributed by atoms with E-state index in [1.54, 1.807) is 6.33 Å². The van der Waals surface area contributed by atoms with E-state index in [4.69, 9.17) is 0 Å². The predicted molar refractivity (Wildman–Crippen MR) is 91.8 cm³/mol. The fraction of sp³-hybridized carbons (Fsp3) is 0.471. The van der Waals surface area contributed by atoms with E-state index >= 15 is 0 Å². The van der Waals surface area contributed by atoms with Gasteiger partial charge >= 0.3 is 0 Å². The fourth-order valence-corrected chi connectivity index (χ4v) is 3.41. The van der Waals surface area contributed by atoms with E-state index < -0.39 is 0 Å². The van der Waals surface area contributed by atoms with Crippen molar-refractivity contribution in [2.24, 2.45) is 5.92 Å². The maximum Gasteiger partial charge on any atom is 0.233 e. The second-order valence-electron chi connectivity index (χ2n) is 6.19. The molecule has 0 saturated heterocycles. The normalized spacial score (nSPS) is 15.4. The van der Waals surface area contributed by atoms with Crippen molar-refractivity contribution < 1.29 is 4.79 Å². The number of aryl methyl sites for hydroxylation is 1. The molecule has 0 radical (unpaired) electrons. The van der Waals surface area contributed by atoms with Gasteiger partial charge in [0.2, 0.25) is 5.91 Å². The zero-order valence-electron chi connectivity index (χ0n) is 13.8. The van der Waals surface area contributed by atoms with Gasteiger partial charge < -0.3 is 4.90 Å². The topological polar surface area (TPSA) is 51.0 Å². The van der Waals surface area contributed by atoms with Gasteiger partial charge in [-0.25, -0.2) is 0 Å². The van der Waals surface area contributed by atoms with Crippen molar-refractivity contribution in [3.05, 3.63) is 36.2 Å². The van der Waals surface area contributed by atoms with Crippen LogP contribution < -0.4 is 0 Å². The molecule has 1 saturated carbocycles. The average molecular weight is 330 g/mol. The van der Waals surface area contributed by atoms with E-state index in [9.17, 15) is 4.79 Å². The number of thioether (sulfide) groups is 1. The molecule has 0 spiro atoms. The molecule has 1 unspecified atom stereocenters. The Kier molecular flexibility index (Phi) is 4.71. The minimum absolute atomic E-state index is 0.146. The third-order valence-corrected chi connectivity index (χ3v) is 5.39. The lowest BCUT2D eigenvalue weighted by Crippen LogP contribution is -2.37. The maximum atomic E-state index is 12.4. The first-order chi connectivity index (χ1) is 11.1. The van der Waals surface area contributed by atoms with Gasteiger partial charge in [0.1, 0.15) is 6.33 Å². The van der Waals surface area contributed by atoms with Crippen LogP contribution in [-0.4, -0.2) is 44.4 Å². The maximum absolute atomic E-state index is 12.4. The molecule has 0 bridgehead atoms. The molecule has 0 N–H and O–H groups in total. The van der Waals surface area contributed by atoms with Crippen molar-refractivity contribution in [1.29, 1.82) is 0 Å². The zero-order valence-corrected chi connectivity index (χ0v) is 14.6. The highest BCUT2D eigenvalue weighted by Crippen LogP contribution is 2.35. The number of rotatable bonds is 6. The lowest BCUT2D eigenvalue weighted by molar-refractivity contribution is -0.129. The Morgan fingerprint density at radius 3 is 2.74 bits per heavy atom. The number of benzene rings is 1. The highest BCUT2D eigenvalue weighted by Gasteiger charge is 2.32. The van der Waals surface area contributed by atoms with Crippen LogP contribution in [0.3, 0.4) is 0 Å². The monoisotopic (exact) mass is 330 g/mol. The molecule has 2 aromatic rings. The van der Waals surface area contributed by atoms with Crippen LogP contribution in [0.1, 0.15) is 25.3 Å². The Labute approximate surface area is 141 Å². The van der Waals surface area contributed by atoms with Crippen LogP contribution in [0.4, 0.5) is 0 Å². The first-order valence-electron chi connectivity index (χ1n) is 7.92. The first kappa shape index (κ1) is 16.1. The van der Waals surface area contributed by atoms with Crippen LogP contribution >= 0.6 is 11.8 Å². The highest BCUT2D eigenvalue weighted by atomic mass is 32.2. The molecule has 5 nitrogen and oxygen atoms in total. The van der Waals surface area contributed by atoms with Gasteiger partial charge in [-0.05, 0) is 44.7 Å². The molecule has 0 aliphatic heterocycles. The van der Waals surface area contributed by atoms with E-state index in [0.29, 0.717) is 17.7 Å². The van der Waals surface area contributed by atoms with Crippen molar-refractivity contribution in [3.63, 3.8) is 0 Å². The SMILES string of the molecule is Cc1ccc(-n2cnnc2SCC(=O)N(C)C(C)C2CC2)cc1. The van der Waals surface area contributed by atoms with Crippen LogP contribution in [0.25, 0.3) is 5.69 Å². The largest absolute Gasteiger partial charge is 0.342 e. The smallest absolute Gasteiger partial charge is 0.233 e. The Bertz CT molecular complexity index is 678. The molecule has 122 valence electrons. The number of carbonyl (C=O) groups is 1. The summed E-state index contributed by atoms with van der Waals surface area (Å²) in [5, 5.41) is 8.87. The average Bonchev–Trinajstić information content (AvgIpc) is 3.30. The van der Waals surface area contributed by atoms with E-state index in [1.807, 2.05) is 28.6 Å². The Balaban J connectivity index is 1.63. The second kappa shape index (κ2) is 6.74. The molecule has 1 amide bonds. The molecular formula is C17H22N4OS. The Morgan fingerprint density at radius 2 is 2.09 bits per heavy atom. The number of hydrogen-bond acceptors (Lipinski definition) is 4. The third-order valence-electron chi connectivity index (χ3n) is 4.46. The van der Waals surface area contributed by atoms with Crippen molar-refractivity contribution >= 4 is 17.7 Å². The van der Waals surface area contributed by atoms with Crippen LogP contribution in [0.2, 0.25) is 0 Å². The van der Waals surface area contributed by atoms with Crippen LogP contribution in [0.5, 0.6) is 0 Å². The van der Waals surface area contributed by atoms with Crippen LogP contribution in [0, 0.1) is 12.8 Å². The molecule has 1 aromatic carbocycles. The number of nitrogens with zero attached hydrogens (tertiary/aromatic N) is 4. The number of hydrogen-bond donors (Lipinski definition) is 0. The van der Waals surface area contributed by atoms with Crippen LogP contribution in [0.15, 0.2) is 35.7 Å². The minimum atomic E-state index is 0.146. The van der Waals surface area contributed by atoms with Gasteiger partial charge in [0.05, 0.1) is 5.75 Å². The molecule has 6 heteroatoms. The summed E-state index contributed by atoms with van der Waals surface area (Å²) in [6.45, 7) is 4.19. The lowest BCUT2D eigenvalue weighted by Gasteiger charge is -2.24. The van der Waals surface area contributed by atoms with Gasteiger partial charge in [-0.3, -0.25) is 9.36 Å². The van der Waals surface area contributed by atoms with Gasteiger partial charge in [0.15, 0.2) is 5.16 Å². The summed E-state index contributed by atoms with van der Waals surface area (Å²) < 4.78 is 1.92. The quantitative estimate of drug-likeness (QED) is 0.764. The summed E-state index contributed by atoms with van der Waals surface area (Å²) in [5.74, 6) is 1.22. The van der Waals surface area contributed by atoms with Gasteiger partial charge in [0, 0.05) is 18.8 Å². The third kappa shape index (κ3) is 3.75. The molecule has 3 rings (SSSR count). The summed E-state index contributed by atoms with van der Waals surface area (Å²) in [5.41, 5.74) is 2.22. The molecular weight excluding hydrogens is 308 g/mol. The van der Waals surface area contributed by atoms with Crippen molar-refractivity contribution in [2.75, 3.05) is 12.8 Å². The molecule has 23 heavy (non-hydrogen) atoms. The van der Waals surface area contributed by atoms with E-state index in [1.165, 1.54) is 30.2 Å². The number of carbonyl (C=O) groups excluding carboxylic acids is 1. The molecule has 1 fully saturated rings. The second-order valence-corrected chi connectivity index (χ2v) is 7.13. The Hall–Kier alpha value is -1.82.